The van der Waals surface area contributed by atoms with E-state index in [1.54, 1.807) is 0 Å². The van der Waals surface area contributed by atoms with Gasteiger partial charge in [0.2, 0.25) is 0 Å². The van der Waals surface area contributed by atoms with Crippen molar-refractivity contribution in [2.75, 3.05) is 13.1 Å². The van der Waals surface area contributed by atoms with Crippen molar-refractivity contribution in [1.29, 1.82) is 0 Å². The van der Waals surface area contributed by atoms with E-state index in [0.29, 0.717) is 12.2 Å². The minimum Gasteiger partial charge on any atom is -0.375 e. The SMILES string of the molecule is C=C(CC(=O)C(C)CC)N(CC)CC. The van der Waals surface area contributed by atoms with Gasteiger partial charge in [-0.3, -0.25) is 4.79 Å². The maximum absolute atomic E-state index is 11.6. The largest absolute Gasteiger partial charge is 0.375 e. The molecular formula is C12H23NO. The molecule has 0 saturated carbocycles. The van der Waals surface area contributed by atoms with Gasteiger partial charge in [0.25, 0.3) is 0 Å². The molecule has 0 aromatic heterocycles. The van der Waals surface area contributed by atoms with Gasteiger partial charge in [-0.2, -0.15) is 0 Å². The van der Waals surface area contributed by atoms with Crippen molar-refractivity contribution in [1.82, 2.24) is 4.90 Å². The van der Waals surface area contributed by atoms with Crippen LogP contribution in [0.3, 0.4) is 0 Å². The molecule has 0 aliphatic heterocycles. The minimum absolute atomic E-state index is 0.169. The number of nitrogens with zero attached hydrogens (tertiary/aromatic N) is 1. The zero-order chi connectivity index (χ0) is 11.1. The molecule has 0 aliphatic carbocycles. The van der Waals surface area contributed by atoms with Crippen LogP contribution in [0.4, 0.5) is 0 Å². The smallest absolute Gasteiger partial charge is 0.141 e. The maximum atomic E-state index is 11.6. The second kappa shape index (κ2) is 6.63. The molecular weight excluding hydrogens is 174 g/mol. The molecule has 0 rings (SSSR count). The van der Waals surface area contributed by atoms with E-state index in [0.717, 1.165) is 25.2 Å². The minimum atomic E-state index is 0.169. The zero-order valence-electron chi connectivity index (χ0n) is 9.97. The number of allylic oxidation sites excluding steroid dienone is 1. The molecule has 0 radical (unpaired) electrons. The van der Waals surface area contributed by atoms with Gasteiger partial charge < -0.3 is 4.90 Å². The van der Waals surface area contributed by atoms with Gasteiger partial charge in [0.1, 0.15) is 5.78 Å². The van der Waals surface area contributed by atoms with Crippen molar-refractivity contribution < 1.29 is 4.79 Å². The number of carbonyl (C=O) groups is 1. The van der Waals surface area contributed by atoms with Gasteiger partial charge in [-0.05, 0) is 20.3 Å². The van der Waals surface area contributed by atoms with Crippen LogP contribution in [0.2, 0.25) is 0 Å². The van der Waals surface area contributed by atoms with Gasteiger partial charge in [0.05, 0.1) is 0 Å². The van der Waals surface area contributed by atoms with Crippen LogP contribution in [-0.2, 0) is 4.79 Å². The third-order valence-electron chi connectivity index (χ3n) is 2.75. The Labute approximate surface area is 88.0 Å². The zero-order valence-corrected chi connectivity index (χ0v) is 9.97. The molecule has 0 aromatic carbocycles. The first-order valence-electron chi connectivity index (χ1n) is 5.52. The van der Waals surface area contributed by atoms with Gasteiger partial charge in [0.15, 0.2) is 0 Å². The molecule has 82 valence electrons. The quantitative estimate of drug-likeness (QED) is 0.625. The molecule has 0 bridgehead atoms. The Morgan fingerprint density at radius 2 is 1.79 bits per heavy atom. The van der Waals surface area contributed by atoms with E-state index in [2.05, 4.69) is 25.3 Å². The molecule has 0 aromatic rings. The van der Waals surface area contributed by atoms with E-state index in [-0.39, 0.29) is 5.92 Å². The Hall–Kier alpha value is -0.790. The molecule has 0 N–H and O–H groups in total. The van der Waals surface area contributed by atoms with Crippen LogP contribution < -0.4 is 0 Å². The molecule has 0 fully saturated rings. The van der Waals surface area contributed by atoms with Crippen molar-refractivity contribution in [3.05, 3.63) is 12.3 Å². The average Bonchev–Trinajstić information content (AvgIpc) is 2.18. The second-order valence-corrected chi connectivity index (χ2v) is 3.69. The molecule has 2 heteroatoms. The highest BCUT2D eigenvalue weighted by atomic mass is 16.1. The van der Waals surface area contributed by atoms with E-state index in [9.17, 15) is 4.79 Å². The Bertz CT molecular complexity index is 194. The highest BCUT2D eigenvalue weighted by Gasteiger charge is 2.13. The monoisotopic (exact) mass is 197 g/mol. The molecule has 0 spiro atoms. The predicted octanol–water partition coefficient (Wildman–Crippen LogP) is 2.85. The van der Waals surface area contributed by atoms with E-state index in [1.807, 2.05) is 13.8 Å². The molecule has 0 aliphatic rings. The van der Waals surface area contributed by atoms with Gasteiger partial charge in [-0.1, -0.05) is 20.4 Å². The van der Waals surface area contributed by atoms with Crippen LogP contribution in [0, 0.1) is 5.92 Å². The fourth-order valence-electron chi connectivity index (χ4n) is 1.39. The normalized spacial score (nSPS) is 12.3. The van der Waals surface area contributed by atoms with Crippen molar-refractivity contribution in [3.8, 4) is 0 Å². The summed E-state index contributed by atoms with van der Waals surface area (Å²) in [6.07, 6.45) is 1.43. The average molecular weight is 197 g/mol. The van der Waals surface area contributed by atoms with Crippen molar-refractivity contribution >= 4 is 5.78 Å². The lowest BCUT2D eigenvalue weighted by atomic mass is 10.00. The topological polar surface area (TPSA) is 20.3 Å². The third-order valence-corrected chi connectivity index (χ3v) is 2.75. The molecule has 0 heterocycles. The number of Topliss-reactive ketones (excluding diaryl/α,β-unsaturated/α-hetero) is 1. The molecule has 14 heavy (non-hydrogen) atoms. The molecule has 0 amide bonds. The van der Waals surface area contributed by atoms with Crippen LogP contribution in [0.15, 0.2) is 12.3 Å². The Balaban J connectivity index is 4.11. The van der Waals surface area contributed by atoms with Gasteiger partial charge in [0, 0.05) is 31.1 Å². The lowest BCUT2D eigenvalue weighted by Gasteiger charge is -2.23. The van der Waals surface area contributed by atoms with Crippen LogP contribution in [-0.4, -0.2) is 23.8 Å². The first-order valence-corrected chi connectivity index (χ1v) is 5.52. The molecule has 0 saturated heterocycles. The fraction of sp³-hybridized carbons (Fsp3) is 0.750. The van der Waals surface area contributed by atoms with Crippen LogP contribution in [0.25, 0.3) is 0 Å². The van der Waals surface area contributed by atoms with Crippen molar-refractivity contribution in [2.45, 2.75) is 40.5 Å². The summed E-state index contributed by atoms with van der Waals surface area (Å²) in [7, 11) is 0. The van der Waals surface area contributed by atoms with E-state index in [1.165, 1.54) is 0 Å². The van der Waals surface area contributed by atoms with Crippen LogP contribution >= 0.6 is 0 Å². The number of hydrogen-bond acceptors (Lipinski definition) is 2. The van der Waals surface area contributed by atoms with Crippen LogP contribution in [0.5, 0.6) is 0 Å². The molecule has 2 nitrogen and oxygen atoms in total. The van der Waals surface area contributed by atoms with E-state index >= 15 is 0 Å². The van der Waals surface area contributed by atoms with Crippen molar-refractivity contribution in [2.24, 2.45) is 5.92 Å². The first-order chi connectivity index (χ1) is 6.56. The van der Waals surface area contributed by atoms with Gasteiger partial charge >= 0.3 is 0 Å². The number of ketones is 1. The van der Waals surface area contributed by atoms with Crippen molar-refractivity contribution in [3.63, 3.8) is 0 Å². The summed E-state index contributed by atoms with van der Waals surface area (Å²) < 4.78 is 0. The Morgan fingerprint density at radius 3 is 2.14 bits per heavy atom. The summed E-state index contributed by atoms with van der Waals surface area (Å²) >= 11 is 0. The Kier molecular flexibility index (Phi) is 6.26. The van der Waals surface area contributed by atoms with E-state index < -0.39 is 0 Å². The summed E-state index contributed by atoms with van der Waals surface area (Å²) in [6.45, 7) is 14.0. The summed E-state index contributed by atoms with van der Waals surface area (Å²) in [5.41, 5.74) is 0.959. The lowest BCUT2D eigenvalue weighted by molar-refractivity contribution is -0.122. The highest BCUT2D eigenvalue weighted by molar-refractivity contribution is 5.82. The molecule has 1 atom stereocenters. The number of rotatable bonds is 7. The van der Waals surface area contributed by atoms with E-state index in [4.69, 9.17) is 0 Å². The van der Waals surface area contributed by atoms with Crippen LogP contribution in [0.1, 0.15) is 40.5 Å². The van der Waals surface area contributed by atoms with Gasteiger partial charge in [-0.25, -0.2) is 0 Å². The van der Waals surface area contributed by atoms with Gasteiger partial charge in [-0.15, -0.1) is 0 Å². The summed E-state index contributed by atoms with van der Waals surface area (Å²) in [5.74, 6) is 0.478. The fourth-order valence-corrected chi connectivity index (χ4v) is 1.39. The summed E-state index contributed by atoms with van der Waals surface area (Å²) in [6, 6.07) is 0. The Morgan fingerprint density at radius 1 is 1.29 bits per heavy atom. The predicted molar refractivity (Wildman–Crippen MR) is 61.1 cm³/mol. The molecule has 1 unspecified atom stereocenters. The lowest BCUT2D eigenvalue weighted by Crippen LogP contribution is -2.24. The summed E-state index contributed by atoms with van der Waals surface area (Å²) in [5, 5.41) is 0. The standard InChI is InChI=1S/C12H23NO/c1-6-10(4)12(14)9-11(5)13(7-2)8-3/h10H,5-9H2,1-4H3. The summed E-state index contributed by atoms with van der Waals surface area (Å²) in [4.78, 5) is 13.8. The number of carbonyl (C=O) groups excluding carboxylic acids is 1. The second-order valence-electron chi connectivity index (χ2n) is 3.69. The maximum Gasteiger partial charge on any atom is 0.141 e. The third kappa shape index (κ3) is 3.95. The first kappa shape index (κ1) is 13.2. The highest BCUT2D eigenvalue weighted by Crippen LogP contribution is 2.12. The number of hydrogen-bond donors (Lipinski definition) is 0.